The summed E-state index contributed by atoms with van der Waals surface area (Å²) < 4.78 is 8.28. The van der Waals surface area contributed by atoms with E-state index in [4.69, 9.17) is 10.2 Å². The summed E-state index contributed by atoms with van der Waals surface area (Å²) in [4.78, 5) is 40.1. The third-order valence-corrected chi connectivity index (χ3v) is 1.53. The zero-order valence-corrected chi connectivity index (χ0v) is 10.2. The zero-order chi connectivity index (χ0) is 14.6. The smallest absolute Gasteiger partial charge is 0.314 e. The number of hydrogen-bond acceptors (Lipinski definition) is 7. The van der Waals surface area contributed by atoms with Crippen molar-refractivity contribution in [1.29, 1.82) is 0 Å². The van der Waals surface area contributed by atoms with E-state index >= 15 is 0 Å². The fourth-order valence-corrected chi connectivity index (χ4v) is 0.744. The van der Waals surface area contributed by atoms with E-state index in [1.807, 2.05) is 0 Å². The molecule has 0 radical (unpaired) electrons. The van der Waals surface area contributed by atoms with Gasteiger partial charge in [0.25, 0.3) is 0 Å². The van der Waals surface area contributed by atoms with Gasteiger partial charge in [0.2, 0.25) is 0 Å². The first kappa shape index (κ1) is 18.4. The molecule has 1 fully saturated rings. The lowest BCUT2D eigenvalue weighted by molar-refractivity contribution is -0.152. The number of carbonyl (C=O) groups is 4. The van der Waals surface area contributed by atoms with Crippen molar-refractivity contribution in [2.45, 2.75) is 25.7 Å². The molecule has 0 amide bonds. The number of carboxylic acid groups (broad SMARTS) is 1. The van der Waals surface area contributed by atoms with Crippen molar-refractivity contribution >= 4 is 23.9 Å². The van der Waals surface area contributed by atoms with Crippen molar-refractivity contribution in [3.05, 3.63) is 0 Å². The highest BCUT2D eigenvalue weighted by molar-refractivity contribution is 5.92. The van der Waals surface area contributed by atoms with Crippen LogP contribution in [0.4, 0.5) is 0 Å². The number of carbonyl (C=O) groups excluding carboxylic acids is 3. The van der Waals surface area contributed by atoms with Gasteiger partial charge in [-0.3, -0.25) is 19.2 Å². The van der Waals surface area contributed by atoms with Gasteiger partial charge in [-0.2, -0.15) is 0 Å². The van der Waals surface area contributed by atoms with E-state index in [0.717, 1.165) is 7.11 Å². The Morgan fingerprint density at radius 3 is 1.83 bits per heavy atom. The van der Waals surface area contributed by atoms with Crippen LogP contribution in [0.3, 0.4) is 0 Å². The van der Waals surface area contributed by atoms with Crippen molar-refractivity contribution in [3.8, 4) is 0 Å². The van der Waals surface area contributed by atoms with Crippen LogP contribution in [0, 0.1) is 0 Å². The minimum atomic E-state index is -0.986. The first-order chi connectivity index (χ1) is 8.45. The highest BCUT2D eigenvalue weighted by Gasteiger charge is 2.19. The molecule has 1 saturated heterocycles. The molecule has 18 heavy (non-hydrogen) atoms. The normalized spacial score (nSPS) is 12.4. The number of rotatable bonds is 3. The van der Waals surface area contributed by atoms with E-state index in [-0.39, 0.29) is 25.7 Å². The highest BCUT2D eigenvalue weighted by atomic mass is 16.6. The summed E-state index contributed by atoms with van der Waals surface area (Å²) in [5.41, 5.74) is 0. The van der Waals surface area contributed by atoms with Gasteiger partial charge in [0, 0.05) is 7.11 Å². The number of hydrogen-bond donors (Lipinski definition) is 2. The number of aliphatic hydroxyl groups excluding tert-OH is 1. The monoisotopic (exact) mass is 264 g/mol. The topological polar surface area (TPSA) is 127 Å². The third-order valence-electron chi connectivity index (χ3n) is 1.53. The van der Waals surface area contributed by atoms with Gasteiger partial charge >= 0.3 is 23.9 Å². The number of aliphatic carboxylic acids is 1. The summed E-state index contributed by atoms with van der Waals surface area (Å²) in [7, 11) is 2.23. The highest BCUT2D eigenvalue weighted by Crippen LogP contribution is 2.03. The molecule has 0 aromatic heterocycles. The zero-order valence-electron chi connectivity index (χ0n) is 10.2. The molecule has 1 heterocycles. The summed E-state index contributed by atoms with van der Waals surface area (Å²) in [6.07, 6.45) is 0.316. The predicted molar refractivity (Wildman–Crippen MR) is 57.4 cm³/mol. The first-order valence-electron chi connectivity index (χ1n) is 4.92. The molecule has 0 unspecified atom stereocenters. The van der Waals surface area contributed by atoms with Gasteiger partial charge < -0.3 is 19.7 Å². The molecule has 0 saturated carbocycles. The van der Waals surface area contributed by atoms with Crippen molar-refractivity contribution in [1.82, 2.24) is 0 Å². The van der Waals surface area contributed by atoms with Crippen LogP contribution in [0.1, 0.15) is 25.7 Å². The fraction of sp³-hybridized carbons (Fsp3) is 0.600. The van der Waals surface area contributed by atoms with Crippen molar-refractivity contribution < 1.29 is 38.9 Å². The Kier molecular flexibility index (Phi) is 11.8. The number of methoxy groups -OCH3 is 1. The van der Waals surface area contributed by atoms with Gasteiger partial charge in [0.15, 0.2) is 0 Å². The number of carboxylic acids is 1. The molecule has 0 spiro atoms. The van der Waals surface area contributed by atoms with Crippen LogP contribution in [-0.4, -0.2) is 48.3 Å². The lowest BCUT2D eigenvalue weighted by atomic mass is 10.3. The Hall–Kier alpha value is -1.96. The molecular formula is C10H16O8. The van der Waals surface area contributed by atoms with Gasteiger partial charge in [-0.15, -0.1) is 0 Å². The largest absolute Gasteiger partial charge is 0.481 e. The van der Waals surface area contributed by atoms with Gasteiger partial charge in [0.1, 0.15) is 0 Å². The maximum atomic E-state index is 10.2. The van der Waals surface area contributed by atoms with Crippen LogP contribution in [0.5, 0.6) is 0 Å². The molecule has 0 aromatic carbocycles. The second kappa shape index (κ2) is 11.5. The second-order valence-electron chi connectivity index (χ2n) is 2.82. The SMILES string of the molecule is CO.COC(=O)CCC(=O)O.O=C1CCC(=O)O1. The van der Waals surface area contributed by atoms with Crippen molar-refractivity contribution in [2.75, 3.05) is 14.2 Å². The maximum absolute atomic E-state index is 10.2. The molecule has 8 nitrogen and oxygen atoms in total. The average molecular weight is 264 g/mol. The molecule has 0 atom stereocenters. The third kappa shape index (κ3) is 12.1. The van der Waals surface area contributed by atoms with E-state index in [0.29, 0.717) is 0 Å². The Balaban J connectivity index is 0. The van der Waals surface area contributed by atoms with Crippen LogP contribution < -0.4 is 0 Å². The summed E-state index contributed by atoms with van der Waals surface area (Å²) >= 11 is 0. The van der Waals surface area contributed by atoms with Crippen LogP contribution >= 0.6 is 0 Å². The van der Waals surface area contributed by atoms with Gasteiger partial charge in [0.05, 0.1) is 32.8 Å². The van der Waals surface area contributed by atoms with Gasteiger partial charge in [-0.25, -0.2) is 0 Å². The summed E-state index contributed by atoms with van der Waals surface area (Å²) in [5, 5.41) is 15.1. The van der Waals surface area contributed by atoms with Crippen LogP contribution in [0.25, 0.3) is 0 Å². The molecule has 8 heteroatoms. The van der Waals surface area contributed by atoms with Crippen LogP contribution in [0.15, 0.2) is 0 Å². The Labute approximate surface area is 103 Å². The van der Waals surface area contributed by atoms with E-state index in [2.05, 4.69) is 9.47 Å². The quantitative estimate of drug-likeness (QED) is 0.515. The summed E-state index contributed by atoms with van der Waals surface area (Å²) in [6.45, 7) is 0. The first-order valence-corrected chi connectivity index (χ1v) is 4.92. The Bertz CT molecular complexity index is 282. The fourth-order valence-electron chi connectivity index (χ4n) is 0.744. The minimum absolute atomic E-state index is 0.0498. The Morgan fingerprint density at radius 2 is 1.61 bits per heavy atom. The molecule has 0 bridgehead atoms. The molecule has 0 aromatic rings. The average Bonchev–Trinajstić information content (AvgIpc) is 2.73. The van der Waals surface area contributed by atoms with E-state index in [1.165, 1.54) is 7.11 Å². The van der Waals surface area contributed by atoms with E-state index < -0.39 is 23.9 Å². The maximum Gasteiger partial charge on any atom is 0.314 e. The number of aliphatic hydroxyl groups is 1. The molecule has 1 aliphatic heterocycles. The second-order valence-corrected chi connectivity index (χ2v) is 2.82. The number of ether oxygens (including phenoxy) is 2. The molecule has 2 N–H and O–H groups in total. The van der Waals surface area contributed by atoms with E-state index in [1.54, 1.807) is 0 Å². The van der Waals surface area contributed by atoms with Gasteiger partial charge in [-0.05, 0) is 0 Å². The lowest BCUT2D eigenvalue weighted by Gasteiger charge is -1.92. The van der Waals surface area contributed by atoms with Crippen LogP contribution in [-0.2, 0) is 28.7 Å². The van der Waals surface area contributed by atoms with E-state index in [9.17, 15) is 19.2 Å². The number of cyclic esters (lactones) is 2. The summed E-state index contributed by atoms with van der Waals surface area (Å²) in [5.74, 6) is -2.27. The van der Waals surface area contributed by atoms with Crippen LogP contribution in [0.2, 0.25) is 0 Å². The minimum Gasteiger partial charge on any atom is -0.481 e. The molecular weight excluding hydrogens is 248 g/mol. The van der Waals surface area contributed by atoms with Crippen molar-refractivity contribution in [3.63, 3.8) is 0 Å². The van der Waals surface area contributed by atoms with Gasteiger partial charge in [-0.1, -0.05) is 0 Å². The molecule has 1 rings (SSSR count). The van der Waals surface area contributed by atoms with Crippen molar-refractivity contribution in [2.24, 2.45) is 0 Å². The standard InChI is InChI=1S/C5H8O4.C4H4O3.CH4O/c1-9-5(8)3-2-4(6)7;5-3-1-2-4(6)7-3;1-2/h2-3H2,1H3,(H,6,7);1-2H2;2H,1H3. The molecule has 0 aliphatic carbocycles. The molecule has 104 valence electrons. The summed E-state index contributed by atoms with van der Waals surface area (Å²) in [6, 6.07) is 0. The molecule has 1 aliphatic rings. The lowest BCUT2D eigenvalue weighted by Crippen LogP contribution is -2.04. The number of esters is 3. The predicted octanol–water partition coefficient (Wildman–Crippen LogP) is -0.517. The Morgan fingerprint density at radius 1 is 1.17 bits per heavy atom.